The second kappa shape index (κ2) is 6.34. The predicted molar refractivity (Wildman–Crippen MR) is 90.0 cm³/mol. The Bertz CT molecular complexity index is 759. The molecule has 1 aromatic heterocycles. The van der Waals surface area contributed by atoms with Crippen LogP contribution in [0.15, 0.2) is 59.1 Å². The second-order valence-corrected chi connectivity index (χ2v) is 5.92. The first kappa shape index (κ1) is 14.2. The Morgan fingerprint density at radius 2 is 1.48 bits per heavy atom. The molecule has 1 saturated heterocycles. The molecule has 0 saturated carbocycles. The average Bonchev–Trinajstić information content (AvgIpc) is 3.14. The molecule has 116 valence electrons. The van der Waals surface area contributed by atoms with Crippen molar-refractivity contribution in [1.82, 2.24) is 15.5 Å². The van der Waals surface area contributed by atoms with Gasteiger partial charge in [0.25, 0.3) is 0 Å². The topological polar surface area (TPSA) is 51.0 Å². The largest absolute Gasteiger partial charge is 0.339 e. The molecule has 0 aliphatic carbocycles. The first-order valence-electron chi connectivity index (χ1n) is 8.10. The summed E-state index contributed by atoms with van der Waals surface area (Å²) in [6, 6.07) is 18.7. The Hall–Kier alpha value is -2.46. The molecule has 0 amide bonds. The molecule has 2 aromatic carbocycles. The van der Waals surface area contributed by atoms with Crippen molar-refractivity contribution in [2.24, 2.45) is 0 Å². The van der Waals surface area contributed by atoms with E-state index >= 15 is 0 Å². The highest BCUT2D eigenvalue weighted by Crippen LogP contribution is 2.27. The molecule has 4 rings (SSSR count). The summed E-state index contributed by atoms with van der Waals surface area (Å²) in [6.07, 6.45) is 2.13. The van der Waals surface area contributed by atoms with Crippen LogP contribution in [0.4, 0.5) is 0 Å². The zero-order valence-corrected chi connectivity index (χ0v) is 12.9. The van der Waals surface area contributed by atoms with Crippen molar-refractivity contribution in [3.05, 3.63) is 60.5 Å². The fraction of sp³-hybridized carbons (Fsp3) is 0.263. The molecule has 0 spiro atoms. The van der Waals surface area contributed by atoms with Crippen LogP contribution < -0.4 is 5.32 Å². The van der Waals surface area contributed by atoms with Crippen LogP contribution in [0.1, 0.15) is 24.7 Å². The number of benzene rings is 2. The summed E-state index contributed by atoms with van der Waals surface area (Å²) < 4.78 is 5.48. The average molecular weight is 305 g/mol. The van der Waals surface area contributed by atoms with Gasteiger partial charge in [-0.15, -0.1) is 0 Å². The van der Waals surface area contributed by atoms with Crippen molar-refractivity contribution in [3.63, 3.8) is 0 Å². The Balaban J connectivity index is 1.55. The third-order valence-electron chi connectivity index (χ3n) is 4.38. The smallest absolute Gasteiger partial charge is 0.230 e. The number of hydrogen-bond donors (Lipinski definition) is 1. The van der Waals surface area contributed by atoms with Gasteiger partial charge in [0.1, 0.15) is 0 Å². The van der Waals surface area contributed by atoms with Gasteiger partial charge in [-0.05, 0) is 37.1 Å². The Labute approximate surface area is 135 Å². The van der Waals surface area contributed by atoms with Gasteiger partial charge in [-0.3, -0.25) is 0 Å². The molecule has 0 atom stereocenters. The summed E-state index contributed by atoms with van der Waals surface area (Å²) >= 11 is 0. The molecule has 0 unspecified atom stereocenters. The molecule has 23 heavy (non-hydrogen) atoms. The van der Waals surface area contributed by atoms with Crippen molar-refractivity contribution < 1.29 is 4.52 Å². The van der Waals surface area contributed by atoms with Gasteiger partial charge in [0.15, 0.2) is 0 Å². The second-order valence-electron chi connectivity index (χ2n) is 5.92. The Morgan fingerprint density at radius 3 is 2.22 bits per heavy atom. The van der Waals surface area contributed by atoms with E-state index in [4.69, 9.17) is 4.52 Å². The summed E-state index contributed by atoms with van der Waals surface area (Å²) in [5.41, 5.74) is 3.40. The minimum absolute atomic E-state index is 0.390. The molecule has 1 aliphatic heterocycles. The normalized spacial score (nSPS) is 15.7. The van der Waals surface area contributed by atoms with Crippen LogP contribution in [0.2, 0.25) is 0 Å². The van der Waals surface area contributed by atoms with E-state index in [9.17, 15) is 0 Å². The van der Waals surface area contributed by atoms with Crippen molar-refractivity contribution in [1.29, 1.82) is 0 Å². The van der Waals surface area contributed by atoms with Gasteiger partial charge in [0.05, 0.1) is 0 Å². The summed E-state index contributed by atoms with van der Waals surface area (Å²) in [4.78, 5) is 4.60. The van der Waals surface area contributed by atoms with Crippen molar-refractivity contribution in [3.8, 4) is 22.5 Å². The van der Waals surface area contributed by atoms with Crippen LogP contribution in [-0.4, -0.2) is 23.2 Å². The van der Waals surface area contributed by atoms with E-state index in [1.54, 1.807) is 0 Å². The fourth-order valence-electron chi connectivity index (χ4n) is 3.03. The molecule has 1 N–H and O–H groups in total. The van der Waals surface area contributed by atoms with Gasteiger partial charge < -0.3 is 9.84 Å². The molecule has 1 fully saturated rings. The highest BCUT2D eigenvalue weighted by molar-refractivity contribution is 5.67. The lowest BCUT2D eigenvalue weighted by atomic mass is 9.98. The fourth-order valence-corrected chi connectivity index (χ4v) is 3.03. The molecule has 2 heterocycles. The number of nitrogens with zero attached hydrogens (tertiary/aromatic N) is 2. The highest BCUT2D eigenvalue weighted by Gasteiger charge is 2.21. The molecule has 0 radical (unpaired) electrons. The van der Waals surface area contributed by atoms with E-state index in [0.29, 0.717) is 11.7 Å². The third-order valence-corrected chi connectivity index (χ3v) is 4.38. The molecule has 0 bridgehead atoms. The molecular weight excluding hydrogens is 286 g/mol. The predicted octanol–water partition coefficient (Wildman–Crippen LogP) is 3.87. The van der Waals surface area contributed by atoms with Crippen LogP contribution >= 0.6 is 0 Å². The van der Waals surface area contributed by atoms with E-state index in [1.165, 1.54) is 11.1 Å². The molecule has 1 aliphatic rings. The molecule has 3 aromatic rings. The quantitative estimate of drug-likeness (QED) is 0.798. The SMILES string of the molecule is c1ccc(-c2ccc(-c3noc(C4CCNCC4)n3)cc2)cc1. The molecule has 4 heteroatoms. The Kier molecular flexibility index (Phi) is 3.90. The van der Waals surface area contributed by atoms with Crippen molar-refractivity contribution in [2.45, 2.75) is 18.8 Å². The van der Waals surface area contributed by atoms with Crippen LogP contribution in [0.3, 0.4) is 0 Å². The van der Waals surface area contributed by atoms with Crippen LogP contribution in [0, 0.1) is 0 Å². The van der Waals surface area contributed by atoms with Gasteiger partial charge in [-0.2, -0.15) is 4.98 Å². The molecule has 4 nitrogen and oxygen atoms in total. The monoisotopic (exact) mass is 305 g/mol. The van der Waals surface area contributed by atoms with Crippen molar-refractivity contribution >= 4 is 0 Å². The maximum atomic E-state index is 5.48. The van der Waals surface area contributed by atoms with Crippen molar-refractivity contribution in [2.75, 3.05) is 13.1 Å². The molecular formula is C19H19N3O. The number of aromatic nitrogens is 2. The lowest BCUT2D eigenvalue weighted by molar-refractivity contribution is 0.320. The standard InChI is InChI=1S/C19H19N3O/c1-2-4-14(5-3-1)15-6-8-16(9-7-15)18-21-19(23-22-18)17-10-12-20-13-11-17/h1-9,17,20H,10-13H2. The van der Waals surface area contributed by atoms with Crippen LogP contribution in [0.5, 0.6) is 0 Å². The van der Waals surface area contributed by atoms with Gasteiger partial charge in [0, 0.05) is 11.5 Å². The summed E-state index contributed by atoms with van der Waals surface area (Å²) in [5.74, 6) is 1.84. The summed E-state index contributed by atoms with van der Waals surface area (Å²) in [6.45, 7) is 2.04. The number of rotatable bonds is 3. The zero-order chi connectivity index (χ0) is 15.5. The number of hydrogen-bond acceptors (Lipinski definition) is 4. The lowest BCUT2D eigenvalue weighted by Crippen LogP contribution is -2.26. The van der Waals surface area contributed by atoms with E-state index in [2.05, 4.69) is 51.9 Å². The Morgan fingerprint density at radius 1 is 0.826 bits per heavy atom. The number of piperidine rings is 1. The zero-order valence-electron chi connectivity index (χ0n) is 12.9. The minimum Gasteiger partial charge on any atom is -0.339 e. The first-order chi connectivity index (χ1) is 11.4. The van der Waals surface area contributed by atoms with E-state index in [1.807, 2.05) is 18.2 Å². The van der Waals surface area contributed by atoms with E-state index in [-0.39, 0.29) is 0 Å². The maximum Gasteiger partial charge on any atom is 0.230 e. The number of nitrogens with one attached hydrogen (secondary N) is 1. The minimum atomic E-state index is 0.390. The van der Waals surface area contributed by atoms with Gasteiger partial charge in [-0.25, -0.2) is 0 Å². The summed E-state index contributed by atoms with van der Waals surface area (Å²) in [5, 5.41) is 7.51. The van der Waals surface area contributed by atoms with E-state index in [0.717, 1.165) is 37.4 Å². The van der Waals surface area contributed by atoms with Gasteiger partial charge >= 0.3 is 0 Å². The highest BCUT2D eigenvalue weighted by atomic mass is 16.5. The van der Waals surface area contributed by atoms with Gasteiger partial charge in [0.2, 0.25) is 11.7 Å². The van der Waals surface area contributed by atoms with Crippen LogP contribution in [-0.2, 0) is 0 Å². The first-order valence-corrected chi connectivity index (χ1v) is 8.10. The third kappa shape index (κ3) is 3.03. The van der Waals surface area contributed by atoms with E-state index < -0.39 is 0 Å². The summed E-state index contributed by atoms with van der Waals surface area (Å²) in [7, 11) is 0. The maximum absolute atomic E-state index is 5.48. The lowest BCUT2D eigenvalue weighted by Gasteiger charge is -2.18. The van der Waals surface area contributed by atoms with Crippen LogP contribution in [0.25, 0.3) is 22.5 Å². The van der Waals surface area contributed by atoms with Gasteiger partial charge in [-0.1, -0.05) is 59.8 Å².